The van der Waals surface area contributed by atoms with Crippen molar-refractivity contribution in [1.82, 2.24) is 0 Å². The van der Waals surface area contributed by atoms with Crippen LogP contribution in [0.15, 0.2) is 0 Å². The zero-order valence-electron chi connectivity index (χ0n) is 7.15. The second-order valence-corrected chi connectivity index (χ2v) is 2.82. The number of hydrogen-bond acceptors (Lipinski definition) is 1. The summed E-state index contributed by atoms with van der Waals surface area (Å²) in [5.41, 5.74) is 0. The lowest BCUT2D eigenvalue weighted by Gasteiger charge is -1.71. The van der Waals surface area contributed by atoms with Crippen LogP contribution < -0.4 is 0 Å². The molecular formula is C9H18O. The van der Waals surface area contributed by atoms with Gasteiger partial charge in [0.2, 0.25) is 0 Å². The molecule has 10 heavy (non-hydrogen) atoms. The Bertz CT molecular complexity index is 75.1. The molecule has 0 aromatic heterocycles. The summed E-state index contributed by atoms with van der Waals surface area (Å²) in [6.45, 7) is 3.43. The van der Waals surface area contributed by atoms with E-state index in [9.17, 15) is 4.79 Å². The van der Waals surface area contributed by atoms with Crippen molar-refractivity contribution in [2.45, 2.75) is 52.4 Å². The van der Waals surface area contributed by atoms with E-state index in [4.69, 9.17) is 0 Å². The van der Waals surface area contributed by atoms with E-state index >= 15 is 0 Å². The molecule has 0 heterocycles. The first-order chi connectivity index (χ1) is 4.77. The van der Waals surface area contributed by atoms with Gasteiger partial charge < -0.3 is 4.79 Å². The minimum absolute atomic E-state index is 0.255. The number of carbonyl (C=O) groups is 1. The fraction of sp³-hybridized carbons (Fsp3) is 0.889. The normalized spacial score (nSPS) is 15.8. The molecule has 1 rings (SSSR count). The standard InChI is InChI=1S/C5H10.C4H8O/c1-2-4-5-3-1;1-3-4(2)5/h1-5H2;3H2,1-2H3. The molecule has 1 heteroatoms. The van der Waals surface area contributed by atoms with Gasteiger partial charge in [0.25, 0.3) is 0 Å². The van der Waals surface area contributed by atoms with Crippen molar-refractivity contribution in [3.63, 3.8) is 0 Å². The molecule has 60 valence electrons. The minimum atomic E-state index is 0.255. The SMILES string of the molecule is C1CCCC1.CCC(C)=O. The first-order valence-electron chi connectivity index (χ1n) is 4.26. The Kier molecular flexibility index (Phi) is 6.56. The molecule has 0 atom stereocenters. The van der Waals surface area contributed by atoms with Gasteiger partial charge >= 0.3 is 0 Å². The monoisotopic (exact) mass is 142 g/mol. The second kappa shape index (κ2) is 6.79. The molecule has 0 saturated heterocycles. The van der Waals surface area contributed by atoms with Crippen LogP contribution in [0.3, 0.4) is 0 Å². The fourth-order valence-corrected chi connectivity index (χ4v) is 0.884. The maximum Gasteiger partial charge on any atom is 0.129 e. The van der Waals surface area contributed by atoms with E-state index in [1.165, 1.54) is 32.1 Å². The van der Waals surface area contributed by atoms with E-state index in [-0.39, 0.29) is 5.78 Å². The Hall–Kier alpha value is -0.330. The van der Waals surface area contributed by atoms with E-state index in [0.29, 0.717) is 6.42 Å². The molecule has 1 saturated carbocycles. The molecule has 0 amide bonds. The molecular weight excluding hydrogens is 124 g/mol. The third-order valence-corrected chi connectivity index (χ3v) is 1.75. The van der Waals surface area contributed by atoms with Gasteiger partial charge in [0.15, 0.2) is 0 Å². The Morgan fingerprint density at radius 1 is 1.10 bits per heavy atom. The summed E-state index contributed by atoms with van der Waals surface area (Å²) in [7, 11) is 0. The van der Waals surface area contributed by atoms with Crippen molar-refractivity contribution in [1.29, 1.82) is 0 Å². The molecule has 0 bridgehead atoms. The van der Waals surface area contributed by atoms with Crippen molar-refractivity contribution in [3.8, 4) is 0 Å². The van der Waals surface area contributed by atoms with Crippen LogP contribution in [0.4, 0.5) is 0 Å². The summed E-state index contributed by atoms with van der Waals surface area (Å²) in [6.07, 6.45) is 8.17. The van der Waals surface area contributed by atoms with Gasteiger partial charge in [0.05, 0.1) is 0 Å². The maximum atomic E-state index is 9.81. The topological polar surface area (TPSA) is 17.1 Å². The third-order valence-electron chi connectivity index (χ3n) is 1.75. The molecule has 0 N–H and O–H groups in total. The largest absolute Gasteiger partial charge is 0.300 e. The molecule has 1 fully saturated rings. The van der Waals surface area contributed by atoms with Crippen LogP contribution in [-0.4, -0.2) is 5.78 Å². The number of carbonyl (C=O) groups excluding carboxylic acids is 1. The van der Waals surface area contributed by atoms with Crippen LogP contribution >= 0.6 is 0 Å². The lowest BCUT2D eigenvalue weighted by molar-refractivity contribution is -0.116. The van der Waals surface area contributed by atoms with E-state index in [1.807, 2.05) is 6.92 Å². The van der Waals surface area contributed by atoms with Gasteiger partial charge in [-0.3, -0.25) is 0 Å². The summed E-state index contributed by atoms with van der Waals surface area (Å²) in [5, 5.41) is 0. The molecule has 1 aliphatic rings. The Balaban J connectivity index is 0.000000162. The van der Waals surface area contributed by atoms with E-state index in [1.54, 1.807) is 6.92 Å². The van der Waals surface area contributed by atoms with Crippen molar-refractivity contribution in [2.24, 2.45) is 0 Å². The average molecular weight is 142 g/mol. The second-order valence-electron chi connectivity index (χ2n) is 2.82. The Morgan fingerprint density at radius 2 is 1.30 bits per heavy atom. The zero-order chi connectivity index (χ0) is 7.82. The maximum absolute atomic E-state index is 9.81. The molecule has 1 aliphatic carbocycles. The summed E-state index contributed by atoms with van der Waals surface area (Å²) < 4.78 is 0. The summed E-state index contributed by atoms with van der Waals surface area (Å²) in [6, 6.07) is 0. The lowest BCUT2D eigenvalue weighted by atomic mass is 10.4. The van der Waals surface area contributed by atoms with Crippen LogP contribution in [0, 0.1) is 0 Å². The summed E-state index contributed by atoms with van der Waals surface area (Å²) >= 11 is 0. The predicted molar refractivity (Wildman–Crippen MR) is 44.1 cm³/mol. The smallest absolute Gasteiger partial charge is 0.129 e. The van der Waals surface area contributed by atoms with Gasteiger partial charge in [-0.15, -0.1) is 0 Å². The quantitative estimate of drug-likeness (QED) is 0.550. The summed E-state index contributed by atoms with van der Waals surface area (Å²) in [5.74, 6) is 0.255. The minimum Gasteiger partial charge on any atom is -0.300 e. The molecule has 0 aliphatic heterocycles. The highest BCUT2D eigenvalue weighted by Crippen LogP contribution is 2.15. The Labute approximate surface area is 63.8 Å². The third kappa shape index (κ3) is 7.67. The van der Waals surface area contributed by atoms with E-state index in [0.717, 1.165) is 0 Å². The van der Waals surface area contributed by atoms with Crippen LogP contribution in [0.2, 0.25) is 0 Å². The highest BCUT2D eigenvalue weighted by molar-refractivity contribution is 5.74. The van der Waals surface area contributed by atoms with Gasteiger partial charge in [-0.05, 0) is 6.92 Å². The first-order valence-corrected chi connectivity index (χ1v) is 4.26. The molecule has 0 unspecified atom stereocenters. The van der Waals surface area contributed by atoms with Crippen LogP contribution in [0.5, 0.6) is 0 Å². The Morgan fingerprint density at radius 3 is 1.40 bits per heavy atom. The van der Waals surface area contributed by atoms with Crippen molar-refractivity contribution >= 4 is 5.78 Å². The van der Waals surface area contributed by atoms with E-state index in [2.05, 4.69) is 0 Å². The van der Waals surface area contributed by atoms with Gasteiger partial charge in [-0.2, -0.15) is 0 Å². The van der Waals surface area contributed by atoms with Gasteiger partial charge in [-0.25, -0.2) is 0 Å². The first kappa shape index (κ1) is 9.67. The highest BCUT2D eigenvalue weighted by Gasteiger charge is 1.95. The van der Waals surface area contributed by atoms with Crippen molar-refractivity contribution in [3.05, 3.63) is 0 Å². The number of hydrogen-bond donors (Lipinski definition) is 0. The summed E-state index contributed by atoms with van der Waals surface area (Å²) in [4.78, 5) is 9.81. The van der Waals surface area contributed by atoms with Crippen LogP contribution in [0.1, 0.15) is 52.4 Å². The van der Waals surface area contributed by atoms with Gasteiger partial charge in [0, 0.05) is 6.42 Å². The number of rotatable bonds is 1. The molecule has 0 aromatic rings. The van der Waals surface area contributed by atoms with Crippen molar-refractivity contribution in [2.75, 3.05) is 0 Å². The fourth-order valence-electron chi connectivity index (χ4n) is 0.884. The predicted octanol–water partition coefficient (Wildman–Crippen LogP) is 2.94. The van der Waals surface area contributed by atoms with Crippen LogP contribution in [0.25, 0.3) is 0 Å². The number of Topliss-reactive ketones (excluding diaryl/α,β-unsaturated/α-hetero) is 1. The lowest BCUT2D eigenvalue weighted by Crippen LogP contribution is -1.80. The molecule has 0 radical (unpaired) electrons. The zero-order valence-corrected chi connectivity index (χ0v) is 7.15. The van der Waals surface area contributed by atoms with Gasteiger partial charge in [-0.1, -0.05) is 39.0 Å². The average Bonchev–Trinajstić information content (AvgIpc) is 2.43. The molecule has 0 spiro atoms. The van der Waals surface area contributed by atoms with Crippen molar-refractivity contribution < 1.29 is 4.79 Å². The highest BCUT2D eigenvalue weighted by atomic mass is 16.1. The molecule has 1 nitrogen and oxygen atoms in total. The van der Waals surface area contributed by atoms with Gasteiger partial charge in [0.1, 0.15) is 5.78 Å². The van der Waals surface area contributed by atoms with Crippen LogP contribution in [-0.2, 0) is 4.79 Å². The number of ketones is 1. The van der Waals surface area contributed by atoms with E-state index < -0.39 is 0 Å². The molecule has 0 aromatic carbocycles.